The maximum atomic E-state index is 14.4. The smallest absolute Gasteiger partial charge is 0.317 e. The lowest BCUT2D eigenvalue weighted by molar-refractivity contribution is -0.152. The number of aromatic nitrogens is 3. The van der Waals surface area contributed by atoms with Gasteiger partial charge in [-0.2, -0.15) is 0 Å². The number of hydrogen-bond donors (Lipinski definition) is 1. The number of nitrogens with zero attached hydrogens (tertiary/aromatic N) is 3. The third-order valence-electron chi connectivity index (χ3n) is 4.19. The third kappa shape index (κ3) is 5.69. The molecule has 0 radical (unpaired) electrons. The van der Waals surface area contributed by atoms with Crippen molar-refractivity contribution in [3.8, 4) is 17.1 Å². The average Bonchev–Trinajstić information content (AvgIpc) is 3.16. The zero-order valence-electron chi connectivity index (χ0n) is 17.4. The van der Waals surface area contributed by atoms with Crippen molar-refractivity contribution in [1.82, 2.24) is 20.1 Å². The van der Waals surface area contributed by atoms with Gasteiger partial charge in [0.05, 0.1) is 11.3 Å². The predicted octanol–water partition coefficient (Wildman–Crippen LogP) is 3.62. The minimum atomic E-state index is -0.906. The van der Waals surface area contributed by atoms with E-state index >= 15 is 0 Å². The number of thioether (sulfide) groups is 1. The number of rotatable bonds is 8. The fourth-order valence-electron chi connectivity index (χ4n) is 2.80. The van der Waals surface area contributed by atoms with Crippen LogP contribution in [0.4, 0.5) is 4.39 Å². The number of para-hydroxylation sites is 1. The summed E-state index contributed by atoms with van der Waals surface area (Å²) in [5, 5.41) is 11.4. The van der Waals surface area contributed by atoms with E-state index < -0.39 is 17.9 Å². The van der Waals surface area contributed by atoms with Crippen LogP contribution >= 0.6 is 11.8 Å². The number of nitrogens with one attached hydrogen (secondary N) is 1. The summed E-state index contributed by atoms with van der Waals surface area (Å²) < 4.78 is 21.3. The highest BCUT2D eigenvalue weighted by Crippen LogP contribution is 2.29. The van der Waals surface area contributed by atoms with Crippen LogP contribution in [0.5, 0.6) is 0 Å². The van der Waals surface area contributed by atoms with E-state index in [0.29, 0.717) is 16.5 Å². The minimum absolute atomic E-state index is 0.0516. The Labute approximate surface area is 184 Å². The van der Waals surface area contributed by atoms with Gasteiger partial charge in [0.2, 0.25) is 0 Å². The Morgan fingerprint density at radius 1 is 1.06 bits per heavy atom. The first-order valence-electron chi connectivity index (χ1n) is 9.75. The van der Waals surface area contributed by atoms with Gasteiger partial charge in [0.25, 0.3) is 5.91 Å². The highest BCUT2D eigenvalue weighted by molar-refractivity contribution is 7.99. The molecule has 3 aromatic rings. The number of benzene rings is 2. The van der Waals surface area contributed by atoms with Crippen molar-refractivity contribution in [2.75, 3.05) is 5.75 Å². The van der Waals surface area contributed by atoms with Gasteiger partial charge in [-0.15, -0.1) is 10.2 Å². The summed E-state index contributed by atoms with van der Waals surface area (Å²) >= 11 is 1.10. The van der Waals surface area contributed by atoms with E-state index in [1.807, 2.05) is 44.2 Å². The van der Waals surface area contributed by atoms with Gasteiger partial charge in [0.15, 0.2) is 17.1 Å². The maximum Gasteiger partial charge on any atom is 0.317 e. The molecule has 1 aromatic heterocycles. The summed E-state index contributed by atoms with van der Waals surface area (Å²) in [6, 6.07) is 15.5. The molecule has 0 bridgehead atoms. The fourth-order valence-corrected chi connectivity index (χ4v) is 3.53. The molecule has 0 saturated heterocycles. The summed E-state index contributed by atoms with van der Waals surface area (Å²) in [6.45, 7) is 5.17. The molecule has 1 unspecified atom stereocenters. The van der Waals surface area contributed by atoms with Gasteiger partial charge in [-0.3, -0.25) is 14.2 Å². The first kappa shape index (κ1) is 22.5. The third-order valence-corrected chi connectivity index (χ3v) is 5.09. The highest BCUT2D eigenvalue weighted by atomic mass is 32.2. The van der Waals surface area contributed by atoms with Crippen LogP contribution in [0.15, 0.2) is 59.8 Å². The first-order chi connectivity index (χ1) is 14.9. The van der Waals surface area contributed by atoms with E-state index in [-0.39, 0.29) is 17.7 Å². The normalized spacial score (nSPS) is 11.9. The molecule has 9 heteroatoms. The molecule has 1 N–H and O–H groups in total. The lowest BCUT2D eigenvalue weighted by atomic mass is 10.2. The number of carbonyl (C=O) groups excluding carboxylic acids is 2. The maximum absolute atomic E-state index is 14.4. The Bertz CT molecular complexity index is 1060. The molecule has 7 nitrogen and oxygen atoms in total. The fraction of sp³-hybridized carbons (Fsp3) is 0.273. The van der Waals surface area contributed by atoms with Crippen molar-refractivity contribution in [3.05, 3.63) is 60.4 Å². The second-order valence-electron chi connectivity index (χ2n) is 7.04. The molecule has 162 valence electrons. The Morgan fingerprint density at radius 2 is 1.74 bits per heavy atom. The van der Waals surface area contributed by atoms with Crippen LogP contribution in [0, 0.1) is 5.82 Å². The van der Waals surface area contributed by atoms with E-state index in [4.69, 9.17) is 4.74 Å². The van der Waals surface area contributed by atoms with Gasteiger partial charge >= 0.3 is 5.97 Å². The van der Waals surface area contributed by atoms with Crippen molar-refractivity contribution >= 4 is 23.6 Å². The van der Waals surface area contributed by atoms with E-state index in [1.54, 1.807) is 22.8 Å². The van der Waals surface area contributed by atoms with E-state index in [1.165, 1.54) is 13.0 Å². The van der Waals surface area contributed by atoms with Gasteiger partial charge in [0, 0.05) is 11.7 Å². The van der Waals surface area contributed by atoms with E-state index in [9.17, 15) is 14.0 Å². The van der Waals surface area contributed by atoms with Crippen LogP contribution in [0.1, 0.15) is 20.8 Å². The lowest BCUT2D eigenvalue weighted by Gasteiger charge is -2.15. The van der Waals surface area contributed by atoms with Gasteiger partial charge < -0.3 is 10.1 Å². The summed E-state index contributed by atoms with van der Waals surface area (Å²) in [5.41, 5.74) is 1.03. The molecule has 0 aliphatic heterocycles. The molecule has 1 amide bonds. The number of halogens is 1. The minimum Gasteiger partial charge on any atom is -0.452 e. The predicted molar refractivity (Wildman–Crippen MR) is 116 cm³/mol. The molecule has 2 aromatic carbocycles. The molecule has 1 heterocycles. The molecular formula is C22H23FN4O3S. The van der Waals surface area contributed by atoms with Crippen molar-refractivity contribution in [1.29, 1.82) is 0 Å². The Hall–Kier alpha value is -3.20. The number of amides is 1. The van der Waals surface area contributed by atoms with Crippen LogP contribution in [0.2, 0.25) is 0 Å². The van der Waals surface area contributed by atoms with Crippen LogP contribution in [0.25, 0.3) is 17.1 Å². The SMILES string of the molecule is CC(C)NC(=O)C(C)OC(=O)CSc1nnc(-c2ccccc2F)n1-c1ccccc1. The van der Waals surface area contributed by atoms with Gasteiger partial charge in [-0.05, 0) is 45.0 Å². The molecule has 31 heavy (non-hydrogen) atoms. The number of hydrogen-bond acceptors (Lipinski definition) is 6. The van der Waals surface area contributed by atoms with E-state index in [2.05, 4.69) is 15.5 Å². The van der Waals surface area contributed by atoms with Crippen molar-refractivity contribution in [3.63, 3.8) is 0 Å². The Kier molecular flexibility index (Phi) is 7.41. The van der Waals surface area contributed by atoms with Crippen molar-refractivity contribution in [2.45, 2.75) is 38.1 Å². The first-order valence-corrected chi connectivity index (χ1v) is 10.7. The van der Waals surface area contributed by atoms with Crippen LogP contribution < -0.4 is 5.32 Å². The average molecular weight is 443 g/mol. The van der Waals surface area contributed by atoms with Gasteiger partial charge in [-0.25, -0.2) is 4.39 Å². The summed E-state index contributed by atoms with van der Waals surface area (Å²) in [6.07, 6.45) is -0.906. The van der Waals surface area contributed by atoms with Gasteiger partial charge in [0.1, 0.15) is 5.82 Å². The number of ether oxygens (including phenoxy) is 1. The van der Waals surface area contributed by atoms with Crippen molar-refractivity contribution in [2.24, 2.45) is 0 Å². The zero-order chi connectivity index (χ0) is 22.4. The zero-order valence-corrected chi connectivity index (χ0v) is 18.2. The molecule has 1 atom stereocenters. The Morgan fingerprint density at radius 3 is 2.42 bits per heavy atom. The molecule has 3 rings (SSSR count). The summed E-state index contributed by atoms with van der Waals surface area (Å²) in [7, 11) is 0. The van der Waals surface area contributed by atoms with Crippen molar-refractivity contribution < 1.29 is 18.7 Å². The lowest BCUT2D eigenvalue weighted by Crippen LogP contribution is -2.39. The molecule has 0 spiro atoms. The molecule has 0 saturated carbocycles. The second-order valence-corrected chi connectivity index (χ2v) is 7.98. The molecular weight excluding hydrogens is 419 g/mol. The molecule has 0 aliphatic carbocycles. The quantitative estimate of drug-likeness (QED) is 0.424. The largest absolute Gasteiger partial charge is 0.452 e. The van der Waals surface area contributed by atoms with Crippen LogP contribution in [-0.4, -0.2) is 44.5 Å². The highest BCUT2D eigenvalue weighted by Gasteiger charge is 2.22. The monoisotopic (exact) mass is 442 g/mol. The topological polar surface area (TPSA) is 86.1 Å². The Balaban J connectivity index is 1.80. The number of carbonyl (C=O) groups is 2. The molecule has 0 aliphatic rings. The van der Waals surface area contributed by atoms with Crippen LogP contribution in [0.3, 0.4) is 0 Å². The summed E-state index contributed by atoms with van der Waals surface area (Å²) in [4.78, 5) is 24.2. The number of esters is 1. The molecule has 0 fully saturated rings. The standard InChI is InChI=1S/C22H23FN4O3S/c1-14(2)24-21(29)15(3)30-19(28)13-31-22-26-25-20(17-11-7-8-12-18(17)23)27(22)16-9-5-4-6-10-16/h4-12,14-15H,13H2,1-3H3,(H,24,29). The van der Waals surface area contributed by atoms with Gasteiger partial charge in [-0.1, -0.05) is 42.1 Å². The second kappa shape index (κ2) is 10.2. The summed E-state index contributed by atoms with van der Waals surface area (Å²) in [5.74, 6) is -1.10. The van der Waals surface area contributed by atoms with Crippen LogP contribution in [-0.2, 0) is 14.3 Å². The van der Waals surface area contributed by atoms with E-state index in [0.717, 1.165) is 17.4 Å².